The summed E-state index contributed by atoms with van der Waals surface area (Å²) in [6.45, 7) is 1.99. The summed E-state index contributed by atoms with van der Waals surface area (Å²) in [7, 11) is 0. The zero-order valence-electron chi connectivity index (χ0n) is 16.2. The number of aromatic nitrogens is 3. The van der Waals surface area contributed by atoms with Crippen LogP contribution >= 0.6 is 11.6 Å². The number of ether oxygens (including phenoxy) is 1. The summed E-state index contributed by atoms with van der Waals surface area (Å²) in [5, 5.41) is 8.74. The molecule has 1 atom stereocenters. The minimum absolute atomic E-state index is 0.0482. The number of halogens is 1. The fourth-order valence-electron chi connectivity index (χ4n) is 3.07. The molecule has 0 saturated heterocycles. The van der Waals surface area contributed by atoms with Crippen molar-refractivity contribution in [3.63, 3.8) is 0 Å². The van der Waals surface area contributed by atoms with Gasteiger partial charge in [0, 0.05) is 10.6 Å². The van der Waals surface area contributed by atoms with E-state index in [-0.39, 0.29) is 12.3 Å². The van der Waals surface area contributed by atoms with Crippen LogP contribution in [-0.2, 0) is 11.3 Å². The number of Topliss-reactive ketones (excluding diaryl/α,β-unsaturated/α-hetero) is 1. The monoisotopic (exact) mass is 419 g/mol. The molecule has 0 aliphatic carbocycles. The highest BCUT2D eigenvalue weighted by Gasteiger charge is 2.26. The van der Waals surface area contributed by atoms with Gasteiger partial charge in [0.25, 0.3) is 0 Å². The van der Waals surface area contributed by atoms with Crippen molar-refractivity contribution in [1.29, 1.82) is 0 Å². The average molecular weight is 420 g/mol. The molecule has 0 amide bonds. The number of esters is 1. The number of carbonyl (C=O) groups excluding carboxylic acids is 2. The maximum atomic E-state index is 13.2. The summed E-state index contributed by atoms with van der Waals surface area (Å²) in [5.41, 5.74) is 3.25. The lowest BCUT2D eigenvalue weighted by Crippen LogP contribution is -2.32. The summed E-state index contributed by atoms with van der Waals surface area (Å²) in [6, 6.07) is 20.8. The van der Waals surface area contributed by atoms with Gasteiger partial charge in [0.05, 0.1) is 17.6 Å². The minimum atomic E-state index is -1.07. The number of para-hydroxylation sites is 1. The van der Waals surface area contributed by atoms with Gasteiger partial charge >= 0.3 is 5.97 Å². The van der Waals surface area contributed by atoms with E-state index in [2.05, 4.69) is 10.3 Å². The third-order valence-electron chi connectivity index (χ3n) is 4.72. The van der Waals surface area contributed by atoms with Gasteiger partial charge in [-0.1, -0.05) is 58.8 Å². The Balaban J connectivity index is 1.64. The van der Waals surface area contributed by atoms with E-state index in [1.807, 2.05) is 43.3 Å². The lowest BCUT2D eigenvalue weighted by atomic mass is 10.0. The fraction of sp³-hybridized carbons (Fsp3) is 0.130. The molecule has 0 radical (unpaired) electrons. The normalized spacial score (nSPS) is 11.9. The first-order valence-electron chi connectivity index (χ1n) is 9.37. The van der Waals surface area contributed by atoms with Crippen molar-refractivity contribution in [2.45, 2.75) is 19.6 Å². The molecule has 1 aromatic heterocycles. The molecule has 0 aliphatic rings. The molecule has 7 heteroatoms. The Hall–Kier alpha value is -3.51. The van der Waals surface area contributed by atoms with Gasteiger partial charge in [-0.05, 0) is 43.3 Å². The van der Waals surface area contributed by atoms with Gasteiger partial charge in [0.15, 0.2) is 6.10 Å². The molecule has 0 N–H and O–H groups in total. The van der Waals surface area contributed by atoms with E-state index >= 15 is 0 Å². The van der Waals surface area contributed by atoms with E-state index in [9.17, 15) is 9.59 Å². The van der Waals surface area contributed by atoms with E-state index < -0.39 is 12.1 Å². The van der Waals surface area contributed by atoms with Crippen molar-refractivity contribution in [1.82, 2.24) is 15.0 Å². The molecule has 0 fully saturated rings. The molecular formula is C23H18ClN3O3. The molecule has 0 spiro atoms. The van der Waals surface area contributed by atoms with Gasteiger partial charge < -0.3 is 4.74 Å². The number of ketones is 1. The Labute approximate surface area is 178 Å². The molecule has 4 aromatic rings. The average Bonchev–Trinajstić information content (AvgIpc) is 3.16. The summed E-state index contributed by atoms with van der Waals surface area (Å²) in [4.78, 5) is 25.9. The Morgan fingerprint density at radius 1 is 0.967 bits per heavy atom. The number of fused-ring (bicyclic) bond motifs is 1. The summed E-state index contributed by atoms with van der Waals surface area (Å²) < 4.78 is 7.20. The van der Waals surface area contributed by atoms with Gasteiger partial charge in [-0.25, -0.2) is 9.48 Å². The van der Waals surface area contributed by atoms with Crippen LogP contribution in [0.5, 0.6) is 0 Å². The number of hydrogen-bond acceptors (Lipinski definition) is 5. The van der Waals surface area contributed by atoms with Crippen molar-refractivity contribution in [2.75, 3.05) is 0 Å². The third kappa shape index (κ3) is 4.23. The van der Waals surface area contributed by atoms with Crippen molar-refractivity contribution in [3.8, 4) is 0 Å². The molecule has 0 saturated carbocycles. The number of nitrogens with zero attached hydrogens (tertiary/aromatic N) is 3. The first-order valence-corrected chi connectivity index (χ1v) is 9.75. The first-order chi connectivity index (χ1) is 14.5. The summed E-state index contributed by atoms with van der Waals surface area (Å²) in [5.74, 6) is -0.918. The topological polar surface area (TPSA) is 74.1 Å². The van der Waals surface area contributed by atoms with Gasteiger partial charge in [-0.2, -0.15) is 0 Å². The molecule has 0 bridgehead atoms. The van der Waals surface area contributed by atoms with E-state index in [0.717, 1.165) is 11.1 Å². The Morgan fingerprint density at radius 3 is 2.37 bits per heavy atom. The minimum Gasteiger partial charge on any atom is -0.448 e. The predicted molar refractivity (Wildman–Crippen MR) is 114 cm³/mol. The molecule has 1 unspecified atom stereocenters. The molecule has 30 heavy (non-hydrogen) atoms. The quantitative estimate of drug-likeness (QED) is 0.340. The van der Waals surface area contributed by atoms with Crippen LogP contribution in [0.15, 0.2) is 72.8 Å². The van der Waals surface area contributed by atoms with E-state index in [1.54, 1.807) is 41.1 Å². The summed E-state index contributed by atoms with van der Waals surface area (Å²) >= 11 is 5.89. The van der Waals surface area contributed by atoms with Gasteiger partial charge in [-0.15, -0.1) is 5.10 Å². The second kappa shape index (κ2) is 8.47. The molecule has 0 aliphatic heterocycles. The van der Waals surface area contributed by atoms with Crippen LogP contribution in [0.3, 0.4) is 0 Å². The van der Waals surface area contributed by atoms with Crippen molar-refractivity contribution >= 4 is 34.4 Å². The summed E-state index contributed by atoms with van der Waals surface area (Å²) in [6.07, 6.45) is -1.07. The smallest absolute Gasteiger partial charge is 0.338 e. The molecule has 6 nitrogen and oxygen atoms in total. The molecule has 1 heterocycles. The number of rotatable bonds is 6. The van der Waals surface area contributed by atoms with Crippen LogP contribution in [0.25, 0.3) is 11.0 Å². The van der Waals surface area contributed by atoms with E-state index in [1.165, 1.54) is 0 Å². The highest BCUT2D eigenvalue weighted by molar-refractivity contribution is 6.30. The Morgan fingerprint density at radius 2 is 1.63 bits per heavy atom. The van der Waals surface area contributed by atoms with Gasteiger partial charge in [0.1, 0.15) is 5.52 Å². The second-order valence-electron chi connectivity index (χ2n) is 6.89. The highest BCUT2D eigenvalue weighted by Crippen LogP contribution is 2.17. The van der Waals surface area contributed by atoms with Crippen molar-refractivity contribution in [2.24, 2.45) is 0 Å². The van der Waals surface area contributed by atoms with E-state index in [0.29, 0.717) is 21.7 Å². The molecule has 4 rings (SSSR count). The number of hydrogen-bond donors (Lipinski definition) is 0. The lowest BCUT2D eigenvalue weighted by Gasteiger charge is -2.17. The molecular weight excluding hydrogens is 402 g/mol. The van der Waals surface area contributed by atoms with Gasteiger partial charge in [-0.3, -0.25) is 4.79 Å². The second-order valence-corrected chi connectivity index (χ2v) is 7.33. The number of benzene rings is 3. The zero-order chi connectivity index (χ0) is 21.1. The first kappa shape index (κ1) is 19.8. The predicted octanol–water partition coefficient (Wildman–Crippen LogP) is 4.50. The third-order valence-corrected chi connectivity index (χ3v) is 4.97. The van der Waals surface area contributed by atoms with Crippen LogP contribution in [0.1, 0.15) is 26.3 Å². The molecule has 150 valence electrons. The maximum absolute atomic E-state index is 13.2. The standard InChI is InChI=1S/C23H18ClN3O3/c1-15-6-8-16(9-7-15)22(28)21(30-23(29)17-10-12-18(24)13-11-17)14-27-20-5-3-2-4-19(20)25-26-27/h2-13,21H,14H2,1H3. The zero-order valence-corrected chi connectivity index (χ0v) is 16.9. The Kier molecular flexibility index (Phi) is 5.59. The van der Waals surface area contributed by atoms with Crippen molar-refractivity contribution < 1.29 is 14.3 Å². The lowest BCUT2D eigenvalue weighted by molar-refractivity contribution is 0.0245. The maximum Gasteiger partial charge on any atom is 0.338 e. The molecule has 3 aromatic carbocycles. The Bertz CT molecular complexity index is 1200. The van der Waals surface area contributed by atoms with Crippen LogP contribution in [0.2, 0.25) is 5.02 Å². The van der Waals surface area contributed by atoms with E-state index in [4.69, 9.17) is 16.3 Å². The van der Waals surface area contributed by atoms with Crippen molar-refractivity contribution in [3.05, 3.63) is 94.5 Å². The van der Waals surface area contributed by atoms with Crippen LogP contribution < -0.4 is 0 Å². The fourth-order valence-corrected chi connectivity index (χ4v) is 3.20. The van der Waals surface area contributed by atoms with Crippen LogP contribution in [0, 0.1) is 6.92 Å². The number of carbonyl (C=O) groups is 2. The largest absolute Gasteiger partial charge is 0.448 e. The highest BCUT2D eigenvalue weighted by atomic mass is 35.5. The SMILES string of the molecule is Cc1ccc(C(=O)C(Cn2nnc3ccccc32)OC(=O)c2ccc(Cl)cc2)cc1. The van der Waals surface area contributed by atoms with Gasteiger partial charge in [0.2, 0.25) is 5.78 Å². The number of aryl methyl sites for hydroxylation is 1. The van der Waals surface area contributed by atoms with Crippen LogP contribution in [-0.4, -0.2) is 32.9 Å². The van der Waals surface area contributed by atoms with Crippen LogP contribution in [0.4, 0.5) is 0 Å².